The number of aryl methyl sites for hydroxylation is 1. The topological polar surface area (TPSA) is 32.3 Å². The van der Waals surface area contributed by atoms with Gasteiger partial charge in [0.05, 0.1) is 0 Å². The molecule has 0 aromatic heterocycles. The summed E-state index contributed by atoms with van der Waals surface area (Å²) < 4.78 is 0. The van der Waals surface area contributed by atoms with Crippen LogP contribution in [-0.2, 0) is 11.2 Å². The third-order valence-electron chi connectivity index (χ3n) is 2.86. The fourth-order valence-corrected chi connectivity index (χ4v) is 2.07. The molecule has 0 unspecified atom stereocenters. The predicted molar refractivity (Wildman–Crippen MR) is 80.6 cm³/mol. The molecule has 0 spiro atoms. The van der Waals surface area contributed by atoms with E-state index in [-0.39, 0.29) is 5.91 Å². The Kier molecular flexibility index (Phi) is 7.53. The minimum absolute atomic E-state index is 0.140. The van der Waals surface area contributed by atoms with Crippen molar-refractivity contribution in [3.63, 3.8) is 0 Å². The second-order valence-electron chi connectivity index (χ2n) is 4.99. The number of halogens is 1. The summed E-state index contributed by atoms with van der Waals surface area (Å²) in [7, 11) is 4.07. The van der Waals surface area contributed by atoms with E-state index < -0.39 is 0 Å². The van der Waals surface area contributed by atoms with Gasteiger partial charge in [-0.2, -0.15) is 0 Å². The Hall–Kier alpha value is -1.06. The monoisotopic (exact) mass is 282 g/mol. The smallest absolute Gasteiger partial charge is 0.220 e. The van der Waals surface area contributed by atoms with Crippen molar-refractivity contribution in [2.45, 2.75) is 25.7 Å². The molecule has 1 aromatic rings. The molecule has 0 aliphatic rings. The molecule has 19 heavy (non-hydrogen) atoms. The molecule has 1 rings (SSSR count). The van der Waals surface area contributed by atoms with Crippen LogP contribution in [0.15, 0.2) is 24.3 Å². The fraction of sp³-hybridized carbons (Fsp3) is 0.533. The van der Waals surface area contributed by atoms with Crippen molar-refractivity contribution in [1.29, 1.82) is 0 Å². The second kappa shape index (κ2) is 8.94. The van der Waals surface area contributed by atoms with E-state index in [1.807, 2.05) is 38.4 Å². The highest BCUT2D eigenvalue weighted by Crippen LogP contribution is 2.12. The van der Waals surface area contributed by atoms with Crippen LogP contribution in [0.5, 0.6) is 0 Å². The molecule has 0 saturated heterocycles. The Morgan fingerprint density at radius 3 is 2.79 bits per heavy atom. The molecule has 1 N–H and O–H groups in total. The molecule has 0 aliphatic carbocycles. The normalized spacial score (nSPS) is 10.7. The summed E-state index contributed by atoms with van der Waals surface area (Å²) in [6, 6.07) is 7.80. The van der Waals surface area contributed by atoms with E-state index in [4.69, 9.17) is 11.6 Å². The van der Waals surface area contributed by atoms with E-state index in [1.165, 1.54) is 5.56 Å². The molecule has 0 heterocycles. The lowest BCUT2D eigenvalue weighted by molar-refractivity contribution is -0.121. The fourth-order valence-electron chi connectivity index (χ4n) is 1.86. The van der Waals surface area contributed by atoms with E-state index in [9.17, 15) is 4.79 Å². The third kappa shape index (κ3) is 7.85. The quantitative estimate of drug-likeness (QED) is 0.744. The zero-order chi connectivity index (χ0) is 14.1. The molecule has 3 nitrogen and oxygen atoms in total. The molecule has 1 amide bonds. The number of hydrogen-bond donors (Lipinski definition) is 1. The van der Waals surface area contributed by atoms with Crippen molar-refractivity contribution in [3.8, 4) is 0 Å². The van der Waals surface area contributed by atoms with Gasteiger partial charge < -0.3 is 10.2 Å². The Morgan fingerprint density at radius 2 is 2.11 bits per heavy atom. The van der Waals surface area contributed by atoms with Crippen LogP contribution < -0.4 is 5.32 Å². The lowest BCUT2D eigenvalue weighted by Gasteiger charge is -2.09. The van der Waals surface area contributed by atoms with Gasteiger partial charge in [0.15, 0.2) is 0 Å². The third-order valence-corrected chi connectivity index (χ3v) is 3.10. The lowest BCUT2D eigenvalue weighted by Crippen LogP contribution is -2.26. The van der Waals surface area contributed by atoms with Crippen molar-refractivity contribution >= 4 is 17.5 Å². The molecule has 0 saturated carbocycles. The van der Waals surface area contributed by atoms with Gasteiger partial charge in [-0.3, -0.25) is 4.79 Å². The zero-order valence-electron chi connectivity index (χ0n) is 11.8. The summed E-state index contributed by atoms with van der Waals surface area (Å²) in [6.45, 7) is 1.76. The van der Waals surface area contributed by atoms with Gasteiger partial charge in [0, 0.05) is 18.0 Å². The van der Waals surface area contributed by atoms with Gasteiger partial charge in [0.2, 0.25) is 5.91 Å². The highest BCUT2D eigenvalue weighted by molar-refractivity contribution is 6.30. The standard InChI is InChI=1S/C15H23ClN2O/c1-18(2)11-5-10-17-15(19)9-4-7-13-6-3-8-14(16)12-13/h3,6,8,12H,4-5,7,9-11H2,1-2H3,(H,17,19). The average molecular weight is 283 g/mol. The maximum atomic E-state index is 11.6. The Balaban J connectivity index is 2.10. The van der Waals surface area contributed by atoms with Crippen LogP contribution in [0.4, 0.5) is 0 Å². The number of nitrogens with one attached hydrogen (secondary N) is 1. The van der Waals surface area contributed by atoms with Gasteiger partial charge >= 0.3 is 0 Å². The summed E-state index contributed by atoms with van der Waals surface area (Å²) in [5.41, 5.74) is 1.19. The first-order valence-electron chi connectivity index (χ1n) is 6.74. The number of amides is 1. The molecule has 0 aliphatic heterocycles. The lowest BCUT2D eigenvalue weighted by atomic mass is 10.1. The van der Waals surface area contributed by atoms with Crippen LogP contribution in [-0.4, -0.2) is 38.0 Å². The number of rotatable bonds is 8. The summed E-state index contributed by atoms with van der Waals surface area (Å²) in [5.74, 6) is 0.140. The van der Waals surface area contributed by atoms with Gasteiger partial charge in [-0.05, 0) is 57.6 Å². The number of carbonyl (C=O) groups excluding carboxylic acids is 1. The molecular formula is C15H23ClN2O. The summed E-state index contributed by atoms with van der Waals surface area (Å²) in [5, 5.41) is 3.70. The van der Waals surface area contributed by atoms with Gasteiger partial charge in [-0.15, -0.1) is 0 Å². The zero-order valence-corrected chi connectivity index (χ0v) is 12.5. The molecule has 106 valence electrons. The van der Waals surface area contributed by atoms with E-state index in [0.29, 0.717) is 6.42 Å². The Labute approximate surface area is 120 Å². The molecule has 0 radical (unpaired) electrons. The summed E-state index contributed by atoms with van der Waals surface area (Å²) in [4.78, 5) is 13.7. The minimum Gasteiger partial charge on any atom is -0.356 e. The molecule has 0 bridgehead atoms. The minimum atomic E-state index is 0.140. The SMILES string of the molecule is CN(C)CCCNC(=O)CCCc1cccc(Cl)c1. The Morgan fingerprint density at radius 1 is 1.32 bits per heavy atom. The van der Waals surface area contributed by atoms with Crippen LogP contribution in [0, 0.1) is 0 Å². The van der Waals surface area contributed by atoms with Gasteiger partial charge in [-0.1, -0.05) is 23.7 Å². The van der Waals surface area contributed by atoms with E-state index >= 15 is 0 Å². The van der Waals surface area contributed by atoms with Gasteiger partial charge in [0.25, 0.3) is 0 Å². The van der Waals surface area contributed by atoms with Crippen LogP contribution in [0.2, 0.25) is 5.02 Å². The van der Waals surface area contributed by atoms with Crippen LogP contribution in [0.3, 0.4) is 0 Å². The first-order valence-corrected chi connectivity index (χ1v) is 7.11. The number of carbonyl (C=O) groups is 1. The average Bonchev–Trinajstić information content (AvgIpc) is 2.34. The molecule has 0 fully saturated rings. The first-order chi connectivity index (χ1) is 9.08. The highest BCUT2D eigenvalue weighted by Gasteiger charge is 2.01. The maximum absolute atomic E-state index is 11.6. The molecular weight excluding hydrogens is 260 g/mol. The van der Waals surface area contributed by atoms with Crippen molar-refractivity contribution in [3.05, 3.63) is 34.9 Å². The Bertz CT molecular complexity index is 393. The number of benzene rings is 1. The molecule has 0 atom stereocenters. The maximum Gasteiger partial charge on any atom is 0.220 e. The number of nitrogens with zero attached hydrogens (tertiary/aromatic N) is 1. The van der Waals surface area contributed by atoms with E-state index in [0.717, 1.165) is 37.4 Å². The summed E-state index contributed by atoms with van der Waals surface area (Å²) in [6.07, 6.45) is 3.33. The predicted octanol–water partition coefficient (Wildman–Crippen LogP) is 2.73. The van der Waals surface area contributed by atoms with E-state index in [2.05, 4.69) is 10.2 Å². The molecule has 1 aromatic carbocycles. The van der Waals surface area contributed by atoms with Gasteiger partial charge in [-0.25, -0.2) is 0 Å². The van der Waals surface area contributed by atoms with Crippen LogP contribution in [0.1, 0.15) is 24.8 Å². The summed E-state index contributed by atoms with van der Waals surface area (Å²) >= 11 is 5.91. The second-order valence-corrected chi connectivity index (χ2v) is 5.43. The van der Waals surface area contributed by atoms with Crippen molar-refractivity contribution in [1.82, 2.24) is 10.2 Å². The van der Waals surface area contributed by atoms with Crippen LogP contribution in [0.25, 0.3) is 0 Å². The molecule has 4 heteroatoms. The largest absolute Gasteiger partial charge is 0.356 e. The van der Waals surface area contributed by atoms with Gasteiger partial charge in [0.1, 0.15) is 0 Å². The van der Waals surface area contributed by atoms with E-state index in [1.54, 1.807) is 0 Å². The van der Waals surface area contributed by atoms with Crippen molar-refractivity contribution < 1.29 is 4.79 Å². The van der Waals surface area contributed by atoms with Crippen molar-refractivity contribution in [2.75, 3.05) is 27.2 Å². The highest BCUT2D eigenvalue weighted by atomic mass is 35.5. The van der Waals surface area contributed by atoms with Crippen LogP contribution >= 0.6 is 11.6 Å². The first kappa shape index (κ1) is 16.0. The van der Waals surface area contributed by atoms with Crippen molar-refractivity contribution in [2.24, 2.45) is 0 Å². The number of hydrogen-bond acceptors (Lipinski definition) is 2.